The molecule has 1 N–H and O–H groups in total. The van der Waals surface area contributed by atoms with Crippen molar-refractivity contribution in [3.63, 3.8) is 0 Å². The fourth-order valence-corrected chi connectivity index (χ4v) is 1.86. The molecule has 1 heterocycles. The number of nitrogens with one attached hydrogen (secondary N) is 1. The van der Waals surface area contributed by atoms with Gasteiger partial charge >= 0.3 is 0 Å². The molecule has 0 aliphatic heterocycles. The number of aromatic nitrogens is 1. The molecule has 0 amide bonds. The van der Waals surface area contributed by atoms with Crippen LogP contribution >= 0.6 is 0 Å². The van der Waals surface area contributed by atoms with Gasteiger partial charge in [-0.2, -0.15) is 0 Å². The Morgan fingerprint density at radius 2 is 2.28 bits per heavy atom. The van der Waals surface area contributed by atoms with Crippen molar-refractivity contribution in [1.82, 2.24) is 10.3 Å². The first-order valence-corrected chi connectivity index (χ1v) is 7.05. The largest absolute Gasteiger partial charge is 0.493 e. The first-order valence-electron chi connectivity index (χ1n) is 7.05. The van der Waals surface area contributed by atoms with Crippen molar-refractivity contribution in [3.8, 4) is 5.75 Å². The average Bonchev–Trinajstić information content (AvgIpc) is 3.17. The van der Waals surface area contributed by atoms with E-state index in [0.29, 0.717) is 0 Å². The maximum absolute atomic E-state index is 5.75. The lowest BCUT2D eigenvalue weighted by molar-refractivity contribution is 0.297. The molecule has 0 saturated heterocycles. The zero-order valence-corrected chi connectivity index (χ0v) is 11.5. The number of nitrogens with zero attached hydrogens (tertiary/aromatic N) is 1. The molecule has 2 rings (SSSR count). The summed E-state index contributed by atoms with van der Waals surface area (Å²) < 4.78 is 5.75. The van der Waals surface area contributed by atoms with Crippen molar-refractivity contribution in [2.45, 2.75) is 52.1 Å². The van der Waals surface area contributed by atoms with Gasteiger partial charge < -0.3 is 10.1 Å². The second-order valence-corrected chi connectivity index (χ2v) is 5.52. The average molecular weight is 248 g/mol. The summed E-state index contributed by atoms with van der Waals surface area (Å²) in [5.74, 6) is 1.70. The number of hydrogen-bond acceptors (Lipinski definition) is 3. The van der Waals surface area contributed by atoms with Crippen LogP contribution in [0.25, 0.3) is 0 Å². The third-order valence-corrected chi connectivity index (χ3v) is 3.13. The summed E-state index contributed by atoms with van der Waals surface area (Å²) >= 11 is 0. The zero-order chi connectivity index (χ0) is 12.8. The standard InChI is InChI=1S/C15H24N2O/c1-12(2)4-3-9-18-15-7-8-16-14(10-15)11-17-13-5-6-13/h7-8,10,12-13,17H,3-6,9,11H2,1-2H3. The molecule has 1 aromatic rings. The zero-order valence-electron chi connectivity index (χ0n) is 11.5. The van der Waals surface area contributed by atoms with E-state index in [1.165, 1.54) is 19.3 Å². The lowest BCUT2D eigenvalue weighted by Gasteiger charge is -2.09. The smallest absolute Gasteiger partial charge is 0.122 e. The molecule has 1 aliphatic rings. The van der Waals surface area contributed by atoms with Crippen LogP contribution in [-0.4, -0.2) is 17.6 Å². The normalized spacial score (nSPS) is 15.1. The van der Waals surface area contributed by atoms with Crippen molar-refractivity contribution in [1.29, 1.82) is 0 Å². The van der Waals surface area contributed by atoms with E-state index in [1.54, 1.807) is 0 Å². The van der Waals surface area contributed by atoms with Gasteiger partial charge in [0.1, 0.15) is 5.75 Å². The van der Waals surface area contributed by atoms with Gasteiger partial charge in [0.2, 0.25) is 0 Å². The molecule has 0 spiro atoms. The topological polar surface area (TPSA) is 34.1 Å². The van der Waals surface area contributed by atoms with Gasteiger partial charge in [0.15, 0.2) is 0 Å². The second-order valence-electron chi connectivity index (χ2n) is 5.52. The summed E-state index contributed by atoms with van der Waals surface area (Å²) in [6.07, 6.45) is 6.80. The molecule has 1 saturated carbocycles. The van der Waals surface area contributed by atoms with Crippen LogP contribution < -0.4 is 10.1 Å². The van der Waals surface area contributed by atoms with Crippen molar-refractivity contribution in [2.75, 3.05) is 6.61 Å². The van der Waals surface area contributed by atoms with E-state index in [9.17, 15) is 0 Å². The lowest BCUT2D eigenvalue weighted by Crippen LogP contribution is -2.16. The molecule has 3 heteroatoms. The molecule has 0 bridgehead atoms. The van der Waals surface area contributed by atoms with Gasteiger partial charge in [-0.15, -0.1) is 0 Å². The van der Waals surface area contributed by atoms with E-state index in [4.69, 9.17) is 4.74 Å². The highest BCUT2D eigenvalue weighted by atomic mass is 16.5. The molecule has 1 fully saturated rings. The highest BCUT2D eigenvalue weighted by Crippen LogP contribution is 2.19. The third kappa shape index (κ3) is 5.05. The summed E-state index contributed by atoms with van der Waals surface area (Å²) in [5.41, 5.74) is 1.07. The fourth-order valence-electron chi connectivity index (χ4n) is 1.86. The third-order valence-electron chi connectivity index (χ3n) is 3.13. The highest BCUT2D eigenvalue weighted by Gasteiger charge is 2.20. The quantitative estimate of drug-likeness (QED) is 0.718. The number of rotatable bonds is 8. The molecule has 0 aromatic carbocycles. The number of pyridine rings is 1. The molecule has 0 unspecified atom stereocenters. The molecule has 100 valence electrons. The van der Waals surface area contributed by atoms with Crippen LogP contribution in [0.2, 0.25) is 0 Å². The van der Waals surface area contributed by atoms with E-state index in [1.807, 2.05) is 18.3 Å². The van der Waals surface area contributed by atoms with E-state index in [-0.39, 0.29) is 0 Å². The maximum Gasteiger partial charge on any atom is 0.122 e. The minimum Gasteiger partial charge on any atom is -0.493 e. The first-order chi connectivity index (χ1) is 8.74. The molecule has 1 aliphatic carbocycles. The van der Waals surface area contributed by atoms with Crippen molar-refractivity contribution in [3.05, 3.63) is 24.0 Å². The Balaban J connectivity index is 1.71. The minimum absolute atomic E-state index is 0.724. The monoisotopic (exact) mass is 248 g/mol. The maximum atomic E-state index is 5.75. The Labute approximate surface area is 110 Å². The van der Waals surface area contributed by atoms with Crippen molar-refractivity contribution in [2.24, 2.45) is 5.92 Å². The SMILES string of the molecule is CC(C)CCCOc1ccnc(CNC2CC2)c1. The van der Waals surface area contributed by atoms with Crippen LogP contribution in [0.4, 0.5) is 0 Å². The van der Waals surface area contributed by atoms with Gasteiger partial charge in [-0.05, 0) is 37.7 Å². The summed E-state index contributed by atoms with van der Waals surface area (Å²) in [6.45, 7) is 6.15. The summed E-state index contributed by atoms with van der Waals surface area (Å²) in [4.78, 5) is 4.35. The number of ether oxygens (including phenoxy) is 1. The molecule has 0 radical (unpaired) electrons. The van der Waals surface area contributed by atoms with E-state index in [0.717, 1.165) is 43.0 Å². The fraction of sp³-hybridized carbons (Fsp3) is 0.667. The lowest BCUT2D eigenvalue weighted by atomic mass is 10.1. The molecule has 0 atom stereocenters. The van der Waals surface area contributed by atoms with Gasteiger partial charge in [-0.1, -0.05) is 13.8 Å². The predicted octanol–water partition coefficient (Wildman–Crippen LogP) is 3.15. The Hall–Kier alpha value is -1.09. The van der Waals surface area contributed by atoms with Gasteiger partial charge in [-0.25, -0.2) is 0 Å². The van der Waals surface area contributed by atoms with Crippen LogP contribution in [0, 0.1) is 5.92 Å². The van der Waals surface area contributed by atoms with Crippen LogP contribution in [-0.2, 0) is 6.54 Å². The van der Waals surface area contributed by atoms with Crippen molar-refractivity contribution < 1.29 is 4.74 Å². The second kappa shape index (κ2) is 6.74. The van der Waals surface area contributed by atoms with Crippen molar-refractivity contribution >= 4 is 0 Å². The summed E-state index contributed by atoms with van der Waals surface area (Å²) in [5, 5.41) is 3.46. The van der Waals surface area contributed by atoms with Crippen LogP contribution in [0.15, 0.2) is 18.3 Å². The van der Waals surface area contributed by atoms with Crippen LogP contribution in [0.3, 0.4) is 0 Å². The van der Waals surface area contributed by atoms with Gasteiger partial charge in [0, 0.05) is 24.8 Å². The van der Waals surface area contributed by atoms with Gasteiger partial charge in [0.05, 0.1) is 12.3 Å². The highest BCUT2D eigenvalue weighted by molar-refractivity contribution is 5.22. The molecular formula is C15H24N2O. The molecule has 3 nitrogen and oxygen atoms in total. The van der Waals surface area contributed by atoms with Gasteiger partial charge in [-0.3, -0.25) is 4.98 Å². The molecule has 1 aromatic heterocycles. The number of hydrogen-bond donors (Lipinski definition) is 1. The summed E-state index contributed by atoms with van der Waals surface area (Å²) in [7, 11) is 0. The Morgan fingerprint density at radius 3 is 3.00 bits per heavy atom. The van der Waals surface area contributed by atoms with Crippen LogP contribution in [0.5, 0.6) is 5.75 Å². The molecule has 18 heavy (non-hydrogen) atoms. The predicted molar refractivity (Wildman–Crippen MR) is 73.7 cm³/mol. The van der Waals surface area contributed by atoms with E-state index < -0.39 is 0 Å². The Kier molecular flexibility index (Phi) is 5.00. The van der Waals surface area contributed by atoms with E-state index >= 15 is 0 Å². The van der Waals surface area contributed by atoms with E-state index in [2.05, 4.69) is 24.1 Å². The minimum atomic E-state index is 0.724. The molecular weight excluding hydrogens is 224 g/mol. The summed E-state index contributed by atoms with van der Waals surface area (Å²) in [6, 6.07) is 4.71. The Morgan fingerprint density at radius 1 is 1.44 bits per heavy atom. The van der Waals surface area contributed by atoms with Gasteiger partial charge in [0.25, 0.3) is 0 Å². The first kappa shape index (κ1) is 13.3. The Bertz CT molecular complexity index is 361. The van der Waals surface area contributed by atoms with Crippen LogP contribution in [0.1, 0.15) is 45.2 Å².